The Hall–Kier alpha value is -2.10. The highest BCUT2D eigenvalue weighted by atomic mass is 15.2. The van der Waals surface area contributed by atoms with Crippen LogP contribution in [0.3, 0.4) is 0 Å². The molecule has 1 aliphatic rings. The van der Waals surface area contributed by atoms with Crippen molar-refractivity contribution < 1.29 is 0 Å². The lowest BCUT2D eigenvalue weighted by Gasteiger charge is -2.22. The molecule has 1 saturated heterocycles. The van der Waals surface area contributed by atoms with Crippen molar-refractivity contribution in [1.29, 1.82) is 0 Å². The Kier molecular flexibility index (Phi) is 5.37. The molecule has 1 aromatic heterocycles. The summed E-state index contributed by atoms with van der Waals surface area (Å²) < 4.78 is 2.38. The van der Waals surface area contributed by atoms with E-state index in [9.17, 15) is 0 Å². The van der Waals surface area contributed by atoms with Gasteiger partial charge in [0.25, 0.3) is 0 Å². The molecule has 1 atom stereocenters. The van der Waals surface area contributed by atoms with E-state index in [0.717, 1.165) is 19.6 Å². The topological polar surface area (TPSA) is 20.2 Å². The van der Waals surface area contributed by atoms with Crippen molar-refractivity contribution in [3.8, 4) is 0 Å². The van der Waals surface area contributed by atoms with E-state index in [-0.39, 0.29) is 0 Å². The first kappa shape index (κ1) is 17.3. The molecule has 1 aliphatic heterocycles. The van der Waals surface area contributed by atoms with E-state index in [2.05, 4.69) is 82.5 Å². The molecule has 2 heterocycles. The SMILES string of the molecule is CCN1CCC[C@@H]1CNCc1cn(Cc2ccccc2)c2ccccc12. The lowest BCUT2D eigenvalue weighted by molar-refractivity contribution is 0.260. The molecule has 0 aliphatic carbocycles. The van der Waals surface area contributed by atoms with E-state index in [4.69, 9.17) is 0 Å². The van der Waals surface area contributed by atoms with Gasteiger partial charge < -0.3 is 9.88 Å². The zero-order chi connectivity index (χ0) is 17.8. The van der Waals surface area contributed by atoms with Gasteiger partial charge in [-0.05, 0) is 43.1 Å². The molecular formula is C23H29N3. The maximum Gasteiger partial charge on any atom is 0.0486 e. The Morgan fingerprint density at radius 3 is 2.69 bits per heavy atom. The maximum atomic E-state index is 3.72. The molecule has 0 bridgehead atoms. The molecular weight excluding hydrogens is 318 g/mol. The van der Waals surface area contributed by atoms with Crippen LogP contribution in [-0.2, 0) is 13.1 Å². The van der Waals surface area contributed by atoms with Crippen LogP contribution in [0.25, 0.3) is 10.9 Å². The summed E-state index contributed by atoms with van der Waals surface area (Å²) in [7, 11) is 0. The summed E-state index contributed by atoms with van der Waals surface area (Å²) in [5.74, 6) is 0. The van der Waals surface area contributed by atoms with E-state index in [1.54, 1.807) is 0 Å². The van der Waals surface area contributed by atoms with Crippen molar-refractivity contribution >= 4 is 10.9 Å². The van der Waals surface area contributed by atoms with Crippen LogP contribution in [0.4, 0.5) is 0 Å². The fraction of sp³-hybridized carbons (Fsp3) is 0.391. The first-order valence-corrected chi connectivity index (χ1v) is 9.90. The molecule has 3 heteroatoms. The van der Waals surface area contributed by atoms with Crippen LogP contribution in [0, 0.1) is 0 Å². The third kappa shape index (κ3) is 3.69. The highest BCUT2D eigenvalue weighted by Crippen LogP contribution is 2.23. The third-order valence-electron chi connectivity index (χ3n) is 5.67. The predicted molar refractivity (Wildman–Crippen MR) is 109 cm³/mol. The molecule has 3 aromatic rings. The summed E-state index contributed by atoms with van der Waals surface area (Å²) in [5.41, 5.74) is 4.07. The van der Waals surface area contributed by atoms with Crippen molar-refractivity contribution in [2.75, 3.05) is 19.6 Å². The Labute approximate surface area is 156 Å². The van der Waals surface area contributed by atoms with E-state index in [0.29, 0.717) is 6.04 Å². The van der Waals surface area contributed by atoms with Crippen molar-refractivity contribution in [1.82, 2.24) is 14.8 Å². The summed E-state index contributed by atoms with van der Waals surface area (Å²) in [6.07, 6.45) is 5.00. The number of rotatable bonds is 7. The average molecular weight is 348 g/mol. The minimum atomic E-state index is 0.706. The van der Waals surface area contributed by atoms with Gasteiger partial charge in [-0.25, -0.2) is 0 Å². The zero-order valence-corrected chi connectivity index (χ0v) is 15.7. The van der Waals surface area contributed by atoms with Gasteiger partial charge in [0.2, 0.25) is 0 Å². The number of hydrogen-bond acceptors (Lipinski definition) is 2. The quantitative estimate of drug-likeness (QED) is 0.689. The van der Waals surface area contributed by atoms with Gasteiger partial charge in [-0.15, -0.1) is 0 Å². The highest BCUT2D eigenvalue weighted by molar-refractivity contribution is 5.84. The number of likely N-dealkylation sites (N-methyl/N-ethyl adjacent to an activating group) is 1. The third-order valence-corrected chi connectivity index (χ3v) is 5.67. The number of likely N-dealkylation sites (tertiary alicyclic amines) is 1. The molecule has 0 saturated carbocycles. The number of benzene rings is 2. The Balaban J connectivity index is 1.48. The second kappa shape index (κ2) is 8.07. The first-order valence-electron chi connectivity index (χ1n) is 9.90. The summed E-state index contributed by atoms with van der Waals surface area (Å²) in [6, 6.07) is 20.2. The lowest BCUT2D eigenvalue weighted by Crippen LogP contribution is -2.37. The van der Waals surface area contributed by atoms with Crippen molar-refractivity contribution in [3.63, 3.8) is 0 Å². The summed E-state index contributed by atoms with van der Waals surface area (Å²) in [6.45, 7) is 7.66. The number of hydrogen-bond donors (Lipinski definition) is 1. The van der Waals surface area contributed by atoms with Gasteiger partial charge in [-0.2, -0.15) is 0 Å². The number of nitrogens with one attached hydrogen (secondary N) is 1. The van der Waals surface area contributed by atoms with Crippen LogP contribution >= 0.6 is 0 Å². The van der Waals surface area contributed by atoms with Crippen LogP contribution in [0.1, 0.15) is 30.9 Å². The predicted octanol–water partition coefficient (Wildman–Crippen LogP) is 4.26. The second-order valence-corrected chi connectivity index (χ2v) is 7.34. The minimum Gasteiger partial charge on any atom is -0.343 e. The Morgan fingerprint density at radius 2 is 1.85 bits per heavy atom. The van der Waals surface area contributed by atoms with Crippen LogP contribution in [0.5, 0.6) is 0 Å². The van der Waals surface area contributed by atoms with Crippen molar-refractivity contribution in [3.05, 3.63) is 71.9 Å². The van der Waals surface area contributed by atoms with Gasteiger partial charge in [-0.3, -0.25) is 4.90 Å². The minimum absolute atomic E-state index is 0.706. The lowest BCUT2D eigenvalue weighted by atomic mass is 10.1. The first-order chi connectivity index (χ1) is 12.8. The van der Waals surface area contributed by atoms with Gasteiger partial charge in [0.1, 0.15) is 0 Å². The number of nitrogens with zero attached hydrogens (tertiary/aromatic N) is 2. The molecule has 2 aromatic carbocycles. The average Bonchev–Trinajstić information content (AvgIpc) is 3.28. The normalized spacial score (nSPS) is 18.0. The van der Waals surface area contributed by atoms with Crippen molar-refractivity contribution in [2.24, 2.45) is 0 Å². The molecule has 0 spiro atoms. The van der Waals surface area contributed by atoms with Gasteiger partial charge in [0, 0.05) is 42.8 Å². The molecule has 0 amide bonds. The molecule has 1 N–H and O–H groups in total. The number of fused-ring (bicyclic) bond motifs is 1. The van der Waals surface area contributed by atoms with Crippen LogP contribution in [0.2, 0.25) is 0 Å². The van der Waals surface area contributed by atoms with Crippen LogP contribution in [0.15, 0.2) is 60.8 Å². The maximum absolute atomic E-state index is 3.72. The van der Waals surface area contributed by atoms with Gasteiger partial charge >= 0.3 is 0 Å². The van der Waals surface area contributed by atoms with Gasteiger partial charge in [0.05, 0.1) is 0 Å². The summed E-state index contributed by atoms with van der Waals surface area (Å²) in [4.78, 5) is 2.60. The van der Waals surface area contributed by atoms with Gasteiger partial charge in [-0.1, -0.05) is 55.5 Å². The van der Waals surface area contributed by atoms with Crippen molar-refractivity contribution in [2.45, 2.75) is 38.9 Å². The largest absolute Gasteiger partial charge is 0.343 e. The van der Waals surface area contributed by atoms with E-state index >= 15 is 0 Å². The fourth-order valence-electron chi connectivity index (χ4n) is 4.29. The molecule has 0 unspecified atom stereocenters. The highest BCUT2D eigenvalue weighted by Gasteiger charge is 2.22. The van der Waals surface area contributed by atoms with E-state index < -0.39 is 0 Å². The standard InChI is InChI=1S/C23H29N3/c1-2-25-14-8-11-21(25)16-24-15-20-18-26(17-19-9-4-3-5-10-19)23-13-7-6-12-22(20)23/h3-7,9-10,12-13,18,21,24H,2,8,11,14-17H2,1H3/t21-/m1/s1. The molecule has 26 heavy (non-hydrogen) atoms. The molecule has 3 nitrogen and oxygen atoms in total. The number of aromatic nitrogens is 1. The van der Waals surface area contributed by atoms with Crippen LogP contribution < -0.4 is 5.32 Å². The Morgan fingerprint density at radius 1 is 1.04 bits per heavy atom. The molecule has 1 fully saturated rings. The van der Waals surface area contributed by atoms with Gasteiger partial charge in [0.15, 0.2) is 0 Å². The number of para-hydroxylation sites is 1. The molecule has 0 radical (unpaired) electrons. The monoisotopic (exact) mass is 347 g/mol. The smallest absolute Gasteiger partial charge is 0.0486 e. The fourth-order valence-corrected chi connectivity index (χ4v) is 4.29. The summed E-state index contributed by atoms with van der Waals surface area (Å²) >= 11 is 0. The zero-order valence-electron chi connectivity index (χ0n) is 15.7. The molecule has 136 valence electrons. The Bertz CT molecular complexity index is 837. The van der Waals surface area contributed by atoms with Crippen LogP contribution in [-0.4, -0.2) is 35.1 Å². The molecule has 4 rings (SSSR count). The second-order valence-electron chi connectivity index (χ2n) is 7.34. The summed E-state index contributed by atoms with van der Waals surface area (Å²) in [5, 5.41) is 5.09. The van der Waals surface area contributed by atoms with E-state index in [1.165, 1.54) is 48.0 Å². The van der Waals surface area contributed by atoms with E-state index in [1.807, 2.05) is 0 Å².